The molecular weight excluding hydrogens is 380 g/mol. The fourth-order valence-electron chi connectivity index (χ4n) is 3.10. The van der Waals surface area contributed by atoms with Gasteiger partial charge in [0, 0.05) is 26.1 Å². The number of carbonyl (C=O) groups is 2. The molecule has 0 saturated heterocycles. The molecule has 0 spiro atoms. The summed E-state index contributed by atoms with van der Waals surface area (Å²) in [5.41, 5.74) is 2.35. The first-order chi connectivity index (χ1) is 14.2. The first-order valence-corrected chi connectivity index (χ1v) is 10.8. The van der Waals surface area contributed by atoms with Crippen LogP contribution in [0.5, 0.6) is 0 Å². The Morgan fingerprint density at radius 2 is 1.55 bits per heavy atom. The van der Waals surface area contributed by atoms with Crippen LogP contribution in [0.15, 0.2) is 78.2 Å². The zero-order valence-electron chi connectivity index (χ0n) is 16.4. The SMILES string of the molecule is O=C(NCCCC(=O)N(CCc1ccccc1)Cc1ccccc1)c1cccs1. The van der Waals surface area contributed by atoms with Gasteiger partial charge in [-0.25, -0.2) is 0 Å². The van der Waals surface area contributed by atoms with E-state index in [0.29, 0.717) is 37.4 Å². The smallest absolute Gasteiger partial charge is 0.261 e. The second kappa shape index (κ2) is 11.2. The quantitative estimate of drug-likeness (QED) is 0.503. The number of hydrogen-bond acceptors (Lipinski definition) is 3. The van der Waals surface area contributed by atoms with E-state index in [1.165, 1.54) is 16.9 Å². The molecule has 0 bridgehead atoms. The summed E-state index contributed by atoms with van der Waals surface area (Å²) >= 11 is 1.42. The minimum atomic E-state index is -0.0716. The van der Waals surface area contributed by atoms with Crippen LogP contribution < -0.4 is 5.32 Å². The van der Waals surface area contributed by atoms with Crippen LogP contribution in [0, 0.1) is 0 Å². The Morgan fingerprint density at radius 1 is 0.862 bits per heavy atom. The maximum absolute atomic E-state index is 12.9. The van der Waals surface area contributed by atoms with Crippen molar-refractivity contribution in [1.29, 1.82) is 0 Å². The zero-order valence-corrected chi connectivity index (χ0v) is 17.2. The molecule has 0 atom stereocenters. The van der Waals surface area contributed by atoms with Crippen LogP contribution in [0.1, 0.15) is 33.6 Å². The van der Waals surface area contributed by atoms with E-state index < -0.39 is 0 Å². The zero-order chi connectivity index (χ0) is 20.3. The average molecular weight is 407 g/mol. The summed E-state index contributed by atoms with van der Waals surface area (Å²) in [5, 5.41) is 4.77. The lowest BCUT2D eigenvalue weighted by Crippen LogP contribution is -2.33. The van der Waals surface area contributed by atoms with E-state index in [1.807, 2.05) is 64.9 Å². The van der Waals surface area contributed by atoms with Gasteiger partial charge in [-0.2, -0.15) is 0 Å². The first-order valence-electron chi connectivity index (χ1n) is 9.90. The van der Waals surface area contributed by atoms with Gasteiger partial charge in [-0.05, 0) is 35.4 Å². The van der Waals surface area contributed by atoms with E-state index in [1.54, 1.807) is 6.07 Å². The van der Waals surface area contributed by atoms with Crippen molar-refractivity contribution < 1.29 is 9.59 Å². The van der Waals surface area contributed by atoms with Crippen LogP contribution in [0.2, 0.25) is 0 Å². The van der Waals surface area contributed by atoms with Gasteiger partial charge in [0.1, 0.15) is 0 Å². The highest BCUT2D eigenvalue weighted by atomic mass is 32.1. The molecule has 1 heterocycles. The van der Waals surface area contributed by atoms with Crippen LogP contribution in [0.4, 0.5) is 0 Å². The van der Waals surface area contributed by atoms with E-state index in [9.17, 15) is 9.59 Å². The van der Waals surface area contributed by atoms with Crippen molar-refractivity contribution in [1.82, 2.24) is 10.2 Å². The summed E-state index contributed by atoms with van der Waals surface area (Å²) in [7, 11) is 0. The van der Waals surface area contributed by atoms with Crippen molar-refractivity contribution >= 4 is 23.2 Å². The van der Waals surface area contributed by atoms with Crippen LogP contribution in [0.3, 0.4) is 0 Å². The Hall–Kier alpha value is -2.92. The number of thiophene rings is 1. The maximum Gasteiger partial charge on any atom is 0.261 e. The molecule has 29 heavy (non-hydrogen) atoms. The molecule has 2 aromatic carbocycles. The Balaban J connectivity index is 1.51. The highest BCUT2D eigenvalue weighted by Gasteiger charge is 2.14. The van der Waals surface area contributed by atoms with Gasteiger partial charge in [0.2, 0.25) is 5.91 Å². The van der Waals surface area contributed by atoms with Crippen molar-refractivity contribution in [3.8, 4) is 0 Å². The Morgan fingerprint density at radius 3 is 2.21 bits per heavy atom. The summed E-state index contributed by atoms with van der Waals surface area (Å²) in [5.74, 6) is 0.0489. The molecule has 0 radical (unpaired) electrons. The molecule has 0 saturated carbocycles. The number of hydrogen-bond donors (Lipinski definition) is 1. The van der Waals surface area contributed by atoms with Gasteiger partial charge >= 0.3 is 0 Å². The van der Waals surface area contributed by atoms with Crippen molar-refractivity contribution in [2.45, 2.75) is 25.8 Å². The van der Waals surface area contributed by atoms with E-state index in [4.69, 9.17) is 0 Å². The summed E-state index contributed by atoms with van der Waals surface area (Å²) in [6.07, 6.45) is 1.88. The molecule has 4 nitrogen and oxygen atoms in total. The molecule has 150 valence electrons. The minimum absolute atomic E-state index is 0.0716. The van der Waals surface area contributed by atoms with E-state index >= 15 is 0 Å². The van der Waals surface area contributed by atoms with Gasteiger partial charge in [0.25, 0.3) is 5.91 Å². The van der Waals surface area contributed by atoms with Gasteiger partial charge in [-0.1, -0.05) is 66.7 Å². The molecule has 2 amide bonds. The number of rotatable bonds is 10. The predicted octanol–water partition coefficient (Wildman–Crippen LogP) is 4.53. The van der Waals surface area contributed by atoms with Gasteiger partial charge < -0.3 is 10.2 Å². The second-order valence-electron chi connectivity index (χ2n) is 6.87. The topological polar surface area (TPSA) is 49.4 Å². The van der Waals surface area contributed by atoms with Gasteiger partial charge in [-0.15, -0.1) is 11.3 Å². The van der Waals surface area contributed by atoms with Crippen LogP contribution >= 0.6 is 11.3 Å². The summed E-state index contributed by atoms with van der Waals surface area (Å²) in [6, 6.07) is 23.9. The van der Waals surface area contributed by atoms with Crippen molar-refractivity contribution in [2.75, 3.05) is 13.1 Å². The van der Waals surface area contributed by atoms with Gasteiger partial charge in [0.05, 0.1) is 4.88 Å². The van der Waals surface area contributed by atoms with Gasteiger partial charge in [-0.3, -0.25) is 9.59 Å². The Labute approximate surface area is 176 Å². The Bertz CT molecular complexity index is 880. The molecule has 5 heteroatoms. The number of benzene rings is 2. The van der Waals surface area contributed by atoms with Gasteiger partial charge in [0.15, 0.2) is 0 Å². The van der Waals surface area contributed by atoms with Crippen molar-refractivity contribution in [3.63, 3.8) is 0 Å². The first kappa shape index (κ1) is 20.8. The third kappa shape index (κ3) is 6.88. The van der Waals surface area contributed by atoms with E-state index in [0.717, 1.165) is 12.0 Å². The molecular formula is C24H26N2O2S. The van der Waals surface area contributed by atoms with Crippen molar-refractivity contribution in [3.05, 3.63) is 94.2 Å². The number of carbonyl (C=O) groups excluding carboxylic acids is 2. The molecule has 0 fully saturated rings. The summed E-state index contributed by atoms with van der Waals surface area (Å²) in [4.78, 5) is 27.5. The maximum atomic E-state index is 12.9. The lowest BCUT2D eigenvalue weighted by atomic mass is 10.1. The summed E-state index contributed by atoms with van der Waals surface area (Å²) in [6.45, 7) is 1.79. The molecule has 0 aliphatic heterocycles. The minimum Gasteiger partial charge on any atom is -0.351 e. The largest absolute Gasteiger partial charge is 0.351 e. The highest BCUT2D eigenvalue weighted by molar-refractivity contribution is 7.12. The van der Waals surface area contributed by atoms with Crippen LogP contribution in [-0.4, -0.2) is 29.8 Å². The molecule has 0 aliphatic carbocycles. The third-order valence-electron chi connectivity index (χ3n) is 4.68. The molecule has 3 aromatic rings. The molecule has 0 aliphatic rings. The number of amides is 2. The Kier molecular flexibility index (Phi) is 8.01. The van der Waals surface area contributed by atoms with Crippen LogP contribution in [-0.2, 0) is 17.8 Å². The van der Waals surface area contributed by atoms with E-state index in [-0.39, 0.29) is 11.8 Å². The lowest BCUT2D eigenvalue weighted by molar-refractivity contribution is -0.131. The number of nitrogens with one attached hydrogen (secondary N) is 1. The lowest BCUT2D eigenvalue weighted by Gasteiger charge is -2.23. The summed E-state index contributed by atoms with van der Waals surface area (Å²) < 4.78 is 0. The van der Waals surface area contributed by atoms with Crippen molar-refractivity contribution in [2.24, 2.45) is 0 Å². The van der Waals surface area contributed by atoms with E-state index in [2.05, 4.69) is 17.4 Å². The highest BCUT2D eigenvalue weighted by Crippen LogP contribution is 2.10. The monoisotopic (exact) mass is 406 g/mol. The molecule has 1 aromatic heterocycles. The molecule has 0 unspecified atom stereocenters. The molecule has 1 N–H and O–H groups in total. The van der Waals surface area contributed by atoms with Crippen LogP contribution in [0.25, 0.3) is 0 Å². The number of nitrogens with zero attached hydrogens (tertiary/aromatic N) is 1. The fraction of sp³-hybridized carbons (Fsp3) is 0.250. The fourth-order valence-corrected chi connectivity index (χ4v) is 3.74. The second-order valence-corrected chi connectivity index (χ2v) is 7.82. The predicted molar refractivity (Wildman–Crippen MR) is 118 cm³/mol. The molecule has 3 rings (SSSR count). The normalized spacial score (nSPS) is 10.5. The average Bonchev–Trinajstić information content (AvgIpc) is 3.30. The third-order valence-corrected chi connectivity index (χ3v) is 5.55. The standard InChI is InChI=1S/C24H26N2O2S/c27-23(14-7-16-25-24(28)22-13-8-18-29-22)26(19-21-11-5-2-6-12-21)17-15-20-9-3-1-4-10-20/h1-6,8-13,18H,7,14-17,19H2,(H,25,28).